The van der Waals surface area contributed by atoms with E-state index in [2.05, 4.69) is 4.98 Å². The minimum Gasteiger partial charge on any atom is -0.370 e. The van der Waals surface area contributed by atoms with E-state index in [9.17, 15) is 9.59 Å². The fourth-order valence-corrected chi connectivity index (χ4v) is 2.46. The largest absolute Gasteiger partial charge is 0.370 e. The molecule has 1 atom stereocenters. The molecule has 3 rings (SSSR count). The van der Waals surface area contributed by atoms with Crippen molar-refractivity contribution >= 4 is 5.91 Å². The van der Waals surface area contributed by atoms with Gasteiger partial charge in [-0.25, -0.2) is 0 Å². The Balaban J connectivity index is 1.79. The van der Waals surface area contributed by atoms with Crippen LogP contribution in [0.25, 0.3) is 0 Å². The number of aromatic nitrogens is 1. The van der Waals surface area contributed by atoms with E-state index in [1.165, 1.54) is 6.20 Å². The summed E-state index contributed by atoms with van der Waals surface area (Å²) in [7, 11) is 0. The number of ether oxygens (including phenoxy) is 1. The number of benzene rings is 1. The summed E-state index contributed by atoms with van der Waals surface area (Å²) >= 11 is 0. The topological polar surface area (TPSA) is 62.4 Å². The lowest BCUT2D eigenvalue weighted by atomic mass is 10.1. The number of carbonyl (C=O) groups is 1. The third-order valence-corrected chi connectivity index (χ3v) is 3.57. The summed E-state index contributed by atoms with van der Waals surface area (Å²) in [5.74, 6) is -0.249. The van der Waals surface area contributed by atoms with Crippen LogP contribution in [0.4, 0.5) is 0 Å². The summed E-state index contributed by atoms with van der Waals surface area (Å²) in [6, 6.07) is 13.0. The molecular weight excluding hydrogens is 268 g/mol. The van der Waals surface area contributed by atoms with Crippen molar-refractivity contribution in [2.75, 3.05) is 19.7 Å². The fraction of sp³-hybridized carbons (Fsp3) is 0.250. The number of H-pyrrole nitrogens is 1. The number of nitrogens with zero attached hydrogens (tertiary/aromatic N) is 1. The van der Waals surface area contributed by atoms with Crippen molar-refractivity contribution in [2.24, 2.45) is 0 Å². The zero-order valence-corrected chi connectivity index (χ0v) is 11.5. The minimum atomic E-state index is -0.356. The molecule has 1 aromatic heterocycles. The Hall–Kier alpha value is -2.40. The second-order valence-corrected chi connectivity index (χ2v) is 4.93. The quantitative estimate of drug-likeness (QED) is 0.911. The molecule has 0 aliphatic carbocycles. The zero-order chi connectivity index (χ0) is 14.7. The normalized spacial score (nSPS) is 18.5. The average Bonchev–Trinajstić information content (AvgIpc) is 2.56. The highest BCUT2D eigenvalue weighted by Gasteiger charge is 2.27. The van der Waals surface area contributed by atoms with Crippen LogP contribution in [0.5, 0.6) is 0 Å². The van der Waals surface area contributed by atoms with Crippen molar-refractivity contribution in [2.45, 2.75) is 6.10 Å². The number of hydrogen-bond donors (Lipinski definition) is 1. The smallest absolute Gasteiger partial charge is 0.260 e. The van der Waals surface area contributed by atoms with Crippen LogP contribution in [0, 0.1) is 0 Å². The van der Waals surface area contributed by atoms with E-state index in [0.717, 1.165) is 5.56 Å². The molecule has 0 saturated carbocycles. The number of carbonyl (C=O) groups excluding carboxylic acids is 1. The molecule has 1 N–H and O–H groups in total. The first kappa shape index (κ1) is 13.6. The second kappa shape index (κ2) is 5.93. The molecule has 2 heterocycles. The molecule has 21 heavy (non-hydrogen) atoms. The molecule has 0 unspecified atom stereocenters. The lowest BCUT2D eigenvalue weighted by Crippen LogP contribution is -2.43. The van der Waals surface area contributed by atoms with Gasteiger partial charge in [-0.05, 0) is 17.7 Å². The van der Waals surface area contributed by atoms with E-state index < -0.39 is 0 Å². The molecule has 1 aromatic carbocycles. The number of nitrogens with one attached hydrogen (secondary N) is 1. The van der Waals surface area contributed by atoms with Crippen molar-refractivity contribution in [1.82, 2.24) is 9.88 Å². The fourth-order valence-electron chi connectivity index (χ4n) is 2.46. The van der Waals surface area contributed by atoms with E-state index in [1.54, 1.807) is 17.0 Å². The van der Waals surface area contributed by atoms with Crippen molar-refractivity contribution in [1.29, 1.82) is 0 Å². The first-order valence-corrected chi connectivity index (χ1v) is 6.89. The van der Waals surface area contributed by atoms with Gasteiger partial charge in [0.2, 0.25) is 0 Å². The van der Waals surface area contributed by atoms with Gasteiger partial charge in [-0.3, -0.25) is 9.59 Å². The number of amides is 1. The maximum Gasteiger partial charge on any atom is 0.260 e. The summed E-state index contributed by atoms with van der Waals surface area (Å²) in [4.78, 5) is 28.4. The third kappa shape index (κ3) is 2.87. The first-order valence-electron chi connectivity index (χ1n) is 6.89. The van der Waals surface area contributed by atoms with Gasteiger partial charge in [0, 0.05) is 12.7 Å². The molecule has 2 aromatic rings. The molecule has 1 aliphatic heterocycles. The van der Waals surface area contributed by atoms with Crippen molar-refractivity contribution in [3.05, 3.63) is 70.1 Å². The van der Waals surface area contributed by atoms with Crippen LogP contribution >= 0.6 is 0 Å². The second-order valence-electron chi connectivity index (χ2n) is 4.93. The lowest BCUT2D eigenvalue weighted by molar-refractivity contribution is -0.0228. The van der Waals surface area contributed by atoms with Crippen LogP contribution < -0.4 is 5.56 Å². The summed E-state index contributed by atoms with van der Waals surface area (Å²) in [5.41, 5.74) is 0.855. The number of pyridine rings is 1. The summed E-state index contributed by atoms with van der Waals surface area (Å²) in [6.07, 6.45) is 1.37. The SMILES string of the molecule is O=C(c1ccc[nH]c1=O)N1CCO[C@H](c2ccccc2)C1. The van der Waals surface area contributed by atoms with Crippen molar-refractivity contribution in [3.8, 4) is 0 Å². The molecule has 1 fully saturated rings. The monoisotopic (exact) mass is 284 g/mol. The van der Waals surface area contributed by atoms with Gasteiger partial charge in [-0.1, -0.05) is 30.3 Å². The Morgan fingerprint density at radius 3 is 2.76 bits per heavy atom. The van der Waals surface area contributed by atoms with Gasteiger partial charge in [0.1, 0.15) is 11.7 Å². The van der Waals surface area contributed by atoms with E-state index in [-0.39, 0.29) is 23.1 Å². The molecule has 0 bridgehead atoms. The van der Waals surface area contributed by atoms with Crippen LogP contribution in [0.3, 0.4) is 0 Å². The van der Waals surface area contributed by atoms with Crippen molar-refractivity contribution in [3.63, 3.8) is 0 Å². The van der Waals surface area contributed by atoms with E-state index >= 15 is 0 Å². The average molecular weight is 284 g/mol. The molecule has 5 heteroatoms. The Morgan fingerprint density at radius 2 is 2.00 bits per heavy atom. The predicted molar refractivity (Wildman–Crippen MR) is 78.1 cm³/mol. The van der Waals surface area contributed by atoms with Gasteiger partial charge in [-0.2, -0.15) is 0 Å². The molecule has 5 nitrogen and oxygen atoms in total. The van der Waals surface area contributed by atoms with E-state index in [1.807, 2.05) is 30.3 Å². The molecular formula is C16H16N2O3. The standard InChI is InChI=1S/C16H16N2O3/c19-15-13(7-4-8-17-15)16(20)18-9-10-21-14(11-18)12-5-2-1-3-6-12/h1-8,14H,9-11H2,(H,17,19)/t14-/m0/s1. The first-order chi connectivity index (χ1) is 10.3. The Labute approximate surface area is 122 Å². The third-order valence-electron chi connectivity index (χ3n) is 3.57. The summed E-state index contributed by atoms with van der Waals surface area (Å²) in [6.45, 7) is 1.42. The highest BCUT2D eigenvalue weighted by atomic mass is 16.5. The number of aromatic amines is 1. The molecule has 0 radical (unpaired) electrons. The maximum atomic E-state index is 12.4. The Bertz CT molecular complexity index is 681. The summed E-state index contributed by atoms with van der Waals surface area (Å²) in [5, 5.41) is 0. The molecule has 0 spiro atoms. The number of morpholine rings is 1. The minimum absolute atomic E-state index is 0.147. The molecule has 1 aliphatic rings. The van der Waals surface area contributed by atoms with Gasteiger partial charge < -0.3 is 14.6 Å². The molecule has 1 saturated heterocycles. The van der Waals surface area contributed by atoms with Gasteiger partial charge in [0.05, 0.1) is 13.2 Å². The van der Waals surface area contributed by atoms with Crippen LogP contribution in [-0.4, -0.2) is 35.5 Å². The zero-order valence-electron chi connectivity index (χ0n) is 11.5. The predicted octanol–water partition coefficient (Wildman–Crippen LogP) is 1.59. The van der Waals surface area contributed by atoms with Gasteiger partial charge in [-0.15, -0.1) is 0 Å². The number of hydrogen-bond acceptors (Lipinski definition) is 3. The van der Waals surface area contributed by atoms with Crippen LogP contribution in [0.2, 0.25) is 0 Å². The Morgan fingerprint density at radius 1 is 1.19 bits per heavy atom. The van der Waals surface area contributed by atoms with Crippen molar-refractivity contribution < 1.29 is 9.53 Å². The lowest BCUT2D eigenvalue weighted by Gasteiger charge is -2.33. The highest BCUT2D eigenvalue weighted by Crippen LogP contribution is 2.22. The number of rotatable bonds is 2. The van der Waals surface area contributed by atoms with Crippen LogP contribution in [0.15, 0.2) is 53.5 Å². The van der Waals surface area contributed by atoms with Gasteiger partial charge in [0.15, 0.2) is 0 Å². The van der Waals surface area contributed by atoms with Gasteiger partial charge >= 0.3 is 0 Å². The van der Waals surface area contributed by atoms with E-state index in [0.29, 0.717) is 19.7 Å². The molecule has 108 valence electrons. The maximum absolute atomic E-state index is 12.4. The molecule has 1 amide bonds. The highest BCUT2D eigenvalue weighted by molar-refractivity contribution is 5.93. The van der Waals surface area contributed by atoms with E-state index in [4.69, 9.17) is 4.74 Å². The van der Waals surface area contributed by atoms with Gasteiger partial charge in [0.25, 0.3) is 11.5 Å². The van der Waals surface area contributed by atoms with Crippen LogP contribution in [-0.2, 0) is 4.74 Å². The Kier molecular flexibility index (Phi) is 3.83. The summed E-state index contributed by atoms with van der Waals surface area (Å²) < 4.78 is 5.73. The van der Waals surface area contributed by atoms with Crippen LogP contribution in [0.1, 0.15) is 22.0 Å².